The molecule has 47 heavy (non-hydrogen) atoms. The Labute approximate surface area is 295 Å². The summed E-state index contributed by atoms with van der Waals surface area (Å²) in [7, 11) is 0. The molecule has 0 saturated carbocycles. The van der Waals surface area contributed by atoms with Crippen molar-refractivity contribution in [2.45, 2.75) is 264 Å². The molecule has 4 heteroatoms. The smallest absolute Gasteiger partial charge is 0.220 e. The SMILES string of the molecule is CCCCCCCCCCCCCCCCCCCCCCCCCCCC(=O)NC(CO)C(O)CCCCCCCCCCCC. The minimum absolute atomic E-state index is 0.0275. The number of amides is 1. The molecular weight excluding hydrogens is 578 g/mol. The van der Waals surface area contributed by atoms with Gasteiger partial charge >= 0.3 is 0 Å². The normalized spacial score (nSPS) is 12.9. The summed E-state index contributed by atoms with van der Waals surface area (Å²) in [5, 5.41) is 23.1. The predicted octanol–water partition coefficient (Wildman–Crippen LogP) is 13.3. The Bertz CT molecular complexity index is 598. The fourth-order valence-corrected chi connectivity index (χ4v) is 7.01. The Morgan fingerprint density at radius 1 is 0.426 bits per heavy atom. The van der Waals surface area contributed by atoms with Crippen LogP contribution in [0.15, 0.2) is 0 Å². The fourth-order valence-electron chi connectivity index (χ4n) is 7.01. The number of unbranched alkanes of at least 4 members (excludes halogenated alkanes) is 33. The van der Waals surface area contributed by atoms with Crippen LogP contribution in [0, 0.1) is 0 Å². The molecule has 2 unspecified atom stereocenters. The lowest BCUT2D eigenvalue weighted by atomic mass is 10.0. The van der Waals surface area contributed by atoms with E-state index in [1.807, 2.05) is 0 Å². The summed E-state index contributed by atoms with van der Waals surface area (Å²) in [5.41, 5.74) is 0. The molecule has 1 amide bonds. The summed E-state index contributed by atoms with van der Waals surface area (Å²) < 4.78 is 0. The molecule has 4 nitrogen and oxygen atoms in total. The Balaban J connectivity index is 3.39. The van der Waals surface area contributed by atoms with Crippen molar-refractivity contribution in [2.75, 3.05) is 6.61 Å². The van der Waals surface area contributed by atoms with Crippen LogP contribution in [0.25, 0.3) is 0 Å². The van der Waals surface area contributed by atoms with Gasteiger partial charge in [0.2, 0.25) is 5.91 Å². The monoisotopic (exact) mass is 666 g/mol. The lowest BCUT2D eigenvalue weighted by molar-refractivity contribution is -0.123. The number of hydrogen-bond donors (Lipinski definition) is 3. The van der Waals surface area contributed by atoms with E-state index in [1.54, 1.807) is 0 Å². The number of carbonyl (C=O) groups is 1. The van der Waals surface area contributed by atoms with Crippen LogP contribution in [0.4, 0.5) is 0 Å². The molecule has 0 aliphatic rings. The van der Waals surface area contributed by atoms with Crippen LogP contribution >= 0.6 is 0 Å². The number of hydrogen-bond acceptors (Lipinski definition) is 3. The molecule has 0 radical (unpaired) electrons. The minimum atomic E-state index is -0.651. The van der Waals surface area contributed by atoms with E-state index in [9.17, 15) is 15.0 Å². The maximum atomic E-state index is 12.4. The van der Waals surface area contributed by atoms with Crippen LogP contribution in [0.2, 0.25) is 0 Å². The van der Waals surface area contributed by atoms with Gasteiger partial charge in [0.25, 0.3) is 0 Å². The molecule has 0 spiro atoms. The number of aliphatic hydroxyl groups excluding tert-OH is 2. The predicted molar refractivity (Wildman–Crippen MR) is 207 cm³/mol. The van der Waals surface area contributed by atoms with Crippen LogP contribution in [0.5, 0.6) is 0 Å². The third kappa shape index (κ3) is 36.5. The average Bonchev–Trinajstić information content (AvgIpc) is 3.07. The molecule has 2 atom stereocenters. The molecule has 0 rings (SSSR count). The van der Waals surface area contributed by atoms with Gasteiger partial charge in [-0.3, -0.25) is 4.79 Å². The van der Waals surface area contributed by atoms with Crippen LogP contribution in [-0.2, 0) is 4.79 Å². The van der Waals surface area contributed by atoms with Gasteiger partial charge in [0.05, 0.1) is 18.8 Å². The first-order valence-electron chi connectivity index (χ1n) is 21.7. The Morgan fingerprint density at radius 2 is 0.681 bits per heavy atom. The molecule has 0 heterocycles. The number of rotatable bonds is 40. The van der Waals surface area contributed by atoms with Gasteiger partial charge in [0, 0.05) is 6.42 Å². The van der Waals surface area contributed by atoms with E-state index >= 15 is 0 Å². The van der Waals surface area contributed by atoms with Crippen molar-refractivity contribution in [3.8, 4) is 0 Å². The lowest BCUT2D eigenvalue weighted by Gasteiger charge is -2.22. The van der Waals surface area contributed by atoms with E-state index in [0.29, 0.717) is 12.8 Å². The standard InChI is InChI=1S/C43H87NO3/c1-3-5-7-9-11-13-15-16-17-18-19-20-21-22-23-24-25-26-27-28-29-31-33-35-37-39-43(47)44-41(40-45)42(46)38-36-34-32-30-14-12-10-8-6-4-2/h41-42,45-46H,3-40H2,1-2H3,(H,44,47). The van der Waals surface area contributed by atoms with Crippen LogP contribution in [-0.4, -0.2) is 34.9 Å². The third-order valence-electron chi connectivity index (χ3n) is 10.4. The van der Waals surface area contributed by atoms with Gasteiger partial charge in [-0.2, -0.15) is 0 Å². The fraction of sp³-hybridized carbons (Fsp3) is 0.977. The van der Waals surface area contributed by atoms with Crippen LogP contribution in [0.1, 0.15) is 251 Å². The Morgan fingerprint density at radius 3 is 0.957 bits per heavy atom. The van der Waals surface area contributed by atoms with Gasteiger partial charge in [-0.05, 0) is 12.8 Å². The molecule has 0 saturated heterocycles. The summed E-state index contributed by atoms with van der Waals surface area (Å²) in [6, 6.07) is -0.528. The second-order valence-electron chi connectivity index (χ2n) is 15.1. The van der Waals surface area contributed by atoms with Gasteiger partial charge in [0.1, 0.15) is 0 Å². The highest BCUT2D eigenvalue weighted by atomic mass is 16.3. The second kappa shape index (κ2) is 39.8. The molecular formula is C43H87NO3. The maximum absolute atomic E-state index is 12.4. The summed E-state index contributed by atoms with van der Waals surface area (Å²) in [4.78, 5) is 12.4. The van der Waals surface area contributed by atoms with E-state index in [0.717, 1.165) is 25.7 Å². The van der Waals surface area contributed by atoms with E-state index < -0.39 is 12.1 Å². The summed E-state index contributed by atoms with van der Waals surface area (Å²) in [6.07, 6.45) is 47.6. The zero-order chi connectivity index (χ0) is 34.3. The van der Waals surface area contributed by atoms with Gasteiger partial charge in [-0.25, -0.2) is 0 Å². The molecule has 0 aromatic heterocycles. The van der Waals surface area contributed by atoms with Crippen molar-refractivity contribution in [1.82, 2.24) is 5.32 Å². The first kappa shape index (κ1) is 46.4. The van der Waals surface area contributed by atoms with Gasteiger partial charge < -0.3 is 15.5 Å². The first-order valence-corrected chi connectivity index (χ1v) is 21.7. The highest BCUT2D eigenvalue weighted by Crippen LogP contribution is 2.17. The third-order valence-corrected chi connectivity index (χ3v) is 10.4. The summed E-state index contributed by atoms with van der Waals surface area (Å²) in [6.45, 7) is 4.36. The van der Waals surface area contributed by atoms with Gasteiger partial charge in [-0.15, -0.1) is 0 Å². The van der Waals surface area contributed by atoms with E-state index in [-0.39, 0.29) is 12.5 Å². The highest BCUT2D eigenvalue weighted by molar-refractivity contribution is 5.76. The van der Waals surface area contributed by atoms with E-state index in [1.165, 1.54) is 199 Å². The number of aliphatic hydroxyl groups is 2. The topological polar surface area (TPSA) is 69.6 Å². The lowest BCUT2D eigenvalue weighted by Crippen LogP contribution is -2.45. The summed E-state index contributed by atoms with van der Waals surface area (Å²) >= 11 is 0. The van der Waals surface area contributed by atoms with Crippen LogP contribution in [0.3, 0.4) is 0 Å². The Hall–Kier alpha value is -0.610. The zero-order valence-electron chi connectivity index (χ0n) is 32.3. The van der Waals surface area contributed by atoms with E-state index in [2.05, 4.69) is 19.2 Å². The molecule has 282 valence electrons. The minimum Gasteiger partial charge on any atom is -0.394 e. The second-order valence-corrected chi connectivity index (χ2v) is 15.1. The number of nitrogens with one attached hydrogen (secondary N) is 1. The Kier molecular flexibility index (Phi) is 39.3. The van der Waals surface area contributed by atoms with Gasteiger partial charge in [0.15, 0.2) is 0 Å². The van der Waals surface area contributed by atoms with Crippen molar-refractivity contribution in [3.05, 3.63) is 0 Å². The highest BCUT2D eigenvalue weighted by Gasteiger charge is 2.20. The van der Waals surface area contributed by atoms with Gasteiger partial charge in [-0.1, -0.05) is 232 Å². The molecule has 0 aliphatic carbocycles. The van der Waals surface area contributed by atoms with Crippen molar-refractivity contribution >= 4 is 5.91 Å². The quantitative estimate of drug-likeness (QED) is 0.0570. The van der Waals surface area contributed by atoms with Crippen molar-refractivity contribution < 1.29 is 15.0 Å². The molecule has 0 aliphatic heterocycles. The van der Waals surface area contributed by atoms with Crippen LogP contribution < -0.4 is 5.32 Å². The molecule has 0 aromatic rings. The first-order chi connectivity index (χ1) is 23.2. The zero-order valence-corrected chi connectivity index (χ0v) is 32.3. The molecule has 0 aromatic carbocycles. The summed E-state index contributed by atoms with van der Waals surface area (Å²) in [5.74, 6) is -0.0275. The molecule has 3 N–H and O–H groups in total. The number of carbonyl (C=O) groups excluding carboxylic acids is 1. The van der Waals surface area contributed by atoms with Crippen molar-refractivity contribution in [3.63, 3.8) is 0 Å². The average molecular weight is 666 g/mol. The van der Waals surface area contributed by atoms with E-state index in [4.69, 9.17) is 0 Å². The molecule has 0 fully saturated rings. The maximum Gasteiger partial charge on any atom is 0.220 e. The molecule has 0 bridgehead atoms. The largest absolute Gasteiger partial charge is 0.394 e. The van der Waals surface area contributed by atoms with Crippen molar-refractivity contribution in [2.24, 2.45) is 0 Å². The van der Waals surface area contributed by atoms with Crippen molar-refractivity contribution in [1.29, 1.82) is 0 Å².